The van der Waals surface area contributed by atoms with Gasteiger partial charge < -0.3 is 21.3 Å². The fourth-order valence-corrected chi connectivity index (χ4v) is 3.90. The molecule has 0 aliphatic carbocycles. The number of aromatic nitrogens is 2. The van der Waals surface area contributed by atoms with Crippen LogP contribution in [0.15, 0.2) is 67.4 Å². The van der Waals surface area contributed by atoms with Crippen LogP contribution < -0.4 is 21.3 Å². The van der Waals surface area contributed by atoms with Crippen molar-refractivity contribution >= 4 is 34.7 Å². The molecule has 4 rings (SSSR count). The third-order valence-electron chi connectivity index (χ3n) is 5.63. The van der Waals surface area contributed by atoms with Gasteiger partial charge in [-0.25, -0.2) is 4.98 Å². The van der Waals surface area contributed by atoms with Gasteiger partial charge >= 0.3 is 6.18 Å². The summed E-state index contributed by atoms with van der Waals surface area (Å²) in [7, 11) is 0. The third-order valence-corrected chi connectivity index (χ3v) is 5.63. The molecule has 1 aliphatic rings. The van der Waals surface area contributed by atoms with E-state index in [1.165, 1.54) is 0 Å². The summed E-state index contributed by atoms with van der Waals surface area (Å²) in [5.41, 5.74) is 1.61. The first kappa shape index (κ1) is 24.2. The van der Waals surface area contributed by atoms with E-state index in [4.69, 9.17) is 0 Å². The maximum Gasteiger partial charge on any atom is 0.421 e. The number of benzene rings is 2. The fraction of sp³-hybridized carbons (Fsp3) is 0.240. The zero-order valence-electron chi connectivity index (χ0n) is 18.8. The molecule has 2 heterocycles. The van der Waals surface area contributed by atoms with Gasteiger partial charge in [0.25, 0.3) is 0 Å². The van der Waals surface area contributed by atoms with E-state index in [1.807, 2.05) is 18.2 Å². The predicted molar refractivity (Wildman–Crippen MR) is 130 cm³/mol. The lowest BCUT2D eigenvalue weighted by molar-refractivity contribution is -0.137. The Kier molecular flexibility index (Phi) is 7.31. The number of carbonyl (C=O) groups excluding carboxylic acids is 1. The van der Waals surface area contributed by atoms with E-state index < -0.39 is 11.7 Å². The molecule has 182 valence electrons. The highest BCUT2D eigenvalue weighted by molar-refractivity contribution is 5.99. The second-order valence-electron chi connectivity index (χ2n) is 8.13. The van der Waals surface area contributed by atoms with Crippen LogP contribution in [0.5, 0.6) is 0 Å². The Hall–Kier alpha value is -3.92. The average Bonchev–Trinajstić information content (AvgIpc) is 2.84. The molecule has 4 N–H and O–H groups in total. The third kappa shape index (κ3) is 6.36. The lowest BCUT2D eigenvalue weighted by Crippen LogP contribution is -2.26. The van der Waals surface area contributed by atoms with Crippen LogP contribution in [0.4, 0.5) is 42.0 Å². The van der Waals surface area contributed by atoms with Crippen molar-refractivity contribution < 1.29 is 18.0 Å². The number of carbonyl (C=O) groups is 1. The van der Waals surface area contributed by atoms with Crippen LogP contribution >= 0.6 is 0 Å². The fourth-order valence-electron chi connectivity index (χ4n) is 3.90. The van der Waals surface area contributed by atoms with Crippen molar-refractivity contribution in [3.8, 4) is 0 Å². The lowest BCUT2D eigenvalue weighted by Gasteiger charge is -2.23. The molecule has 1 fully saturated rings. The van der Waals surface area contributed by atoms with Gasteiger partial charge in [-0.3, -0.25) is 4.79 Å². The van der Waals surface area contributed by atoms with Crippen LogP contribution in [0.3, 0.4) is 0 Å². The van der Waals surface area contributed by atoms with Gasteiger partial charge in [0.1, 0.15) is 11.4 Å². The minimum atomic E-state index is -4.64. The van der Waals surface area contributed by atoms with Crippen LogP contribution in [-0.2, 0) is 11.0 Å². The predicted octanol–water partition coefficient (Wildman–Crippen LogP) is 5.57. The minimum absolute atomic E-state index is 0.0257. The number of hydrogen-bond acceptors (Lipinski definition) is 6. The van der Waals surface area contributed by atoms with Crippen molar-refractivity contribution in [2.45, 2.75) is 24.9 Å². The van der Waals surface area contributed by atoms with E-state index in [1.54, 1.807) is 30.3 Å². The van der Waals surface area contributed by atoms with Gasteiger partial charge in [-0.15, -0.1) is 0 Å². The number of piperidine rings is 1. The summed E-state index contributed by atoms with van der Waals surface area (Å²) in [4.78, 5) is 19.5. The van der Waals surface area contributed by atoms with Crippen molar-refractivity contribution in [3.63, 3.8) is 0 Å². The number of rotatable bonds is 7. The number of amides is 1. The summed E-state index contributed by atoms with van der Waals surface area (Å²) >= 11 is 0. The van der Waals surface area contributed by atoms with E-state index in [2.05, 4.69) is 37.8 Å². The average molecular weight is 483 g/mol. The Bertz CT molecular complexity index is 1210. The standard InChI is InChI=1S/C25H25F3N6O/c1-2-22(35)31-19-7-4-8-20(14-19)33-24-30-15-21(25(26,27)28)23(34-24)32-18-6-3-5-17(13-18)16-9-11-29-12-10-16/h2-8,13-16,29H,1,9-12H2,(H,31,35)(H2,30,32,33,34). The van der Waals surface area contributed by atoms with E-state index in [0.29, 0.717) is 23.0 Å². The van der Waals surface area contributed by atoms with E-state index in [-0.39, 0.29) is 17.7 Å². The van der Waals surface area contributed by atoms with Crippen LogP contribution in [0.1, 0.15) is 29.9 Å². The molecule has 0 radical (unpaired) electrons. The van der Waals surface area contributed by atoms with Crippen LogP contribution in [0.2, 0.25) is 0 Å². The SMILES string of the molecule is C=CC(=O)Nc1cccc(Nc2ncc(C(F)(F)F)c(Nc3cccc(C4CCNCC4)c3)n2)c1. The minimum Gasteiger partial charge on any atom is -0.340 e. The van der Waals surface area contributed by atoms with Gasteiger partial charge in [0.05, 0.1) is 0 Å². The molecule has 1 saturated heterocycles. The molecular weight excluding hydrogens is 457 g/mol. The zero-order valence-corrected chi connectivity index (χ0v) is 18.8. The molecule has 2 aromatic carbocycles. The Balaban J connectivity index is 1.59. The summed E-state index contributed by atoms with van der Waals surface area (Å²) in [6.45, 7) is 5.23. The number of halogens is 3. The smallest absolute Gasteiger partial charge is 0.340 e. The molecule has 10 heteroatoms. The van der Waals surface area contributed by atoms with Crippen molar-refractivity contribution in [2.75, 3.05) is 29.0 Å². The molecule has 1 aliphatic heterocycles. The summed E-state index contributed by atoms with van der Waals surface area (Å²) in [6, 6.07) is 14.0. The first-order valence-electron chi connectivity index (χ1n) is 11.1. The monoisotopic (exact) mass is 482 g/mol. The van der Waals surface area contributed by atoms with Gasteiger partial charge in [-0.2, -0.15) is 18.2 Å². The van der Waals surface area contributed by atoms with Gasteiger partial charge in [-0.1, -0.05) is 24.8 Å². The number of nitrogens with one attached hydrogen (secondary N) is 4. The van der Waals surface area contributed by atoms with Crippen molar-refractivity contribution in [3.05, 3.63) is 78.5 Å². The van der Waals surface area contributed by atoms with Gasteiger partial charge in [0, 0.05) is 23.3 Å². The van der Waals surface area contributed by atoms with Crippen LogP contribution in [0, 0.1) is 0 Å². The largest absolute Gasteiger partial charge is 0.421 e. The topological polar surface area (TPSA) is 91.0 Å². The summed E-state index contributed by atoms with van der Waals surface area (Å²) in [5, 5.41) is 11.7. The summed E-state index contributed by atoms with van der Waals surface area (Å²) in [6.07, 6.45) is -0.798. The second-order valence-corrected chi connectivity index (χ2v) is 8.13. The number of anilines is 5. The molecule has 1 amide bonds. The maximum atomic E-state index is 13.7. The molecule has 0 atom stereocenters. The van der Waals surface area contributed by atoms with Crippen LogP contribution in [-0.4, -0.2) is 29.0 Å². The molecule has 7 nitrogen and oxygen atoms in total. The number of alkyl halides is 3. The molecule has 3 aromatic rings. The van der Waals surface area contributed by atoms with Crippen LogP contribution in [0.25, 0.3) is 0 Å². The Morgan fingerprint density at radius 1 is 1.03 bits per heavy atom. The quantitative estimate of drug-likeness (QED) is 0.329. The second kappa shape index (κ2) is 10.6. The Labute approximate surface area is 200 Å². The molecule has 0 saturated carbocycles. The highest BCUT2D eigenvalue weighted by Crippen LogP contribution is 2.36. The summed E-state index contributed by atoms with van der Waals surface area (Å²) in [5.74, 6) is -0.404. The van der Waals surface area contributed by atoms with E-state index in [0.717, 1.165) is 43.8 Å². The molecule has 0 spiro atoms. The first-order valence-corrected chi connectivity index (χ1v) is 11.1. The summed E-state index contributed by atoms with van der Waals surface area (Å²) < 4.78 is 41.1. The zero-order chi connectivity index (χ0) is 24.8. The normalized spacial score (nSPS) is 14.3. The van der Waals surface area contributed by atoms with Crippen molar-refractivity contribution in [2.24, 2.45) is 0 Å². The van der Waals surface area contributed by atoms with Gasteiger partial charge in [-0.05, 0) is 73.8 Å². The molecule has 1 aromatic heterocycles. The molecule has 35 heavy (non-hydrogen) atoms. The number of nitrogens with zero attached hydrogens (tertiary/aromatic N) is 2. The molecular formula is C25H25F3N6O. The van der Waals surface area contributed by atoms with E-state index >= 15 is 0 Å². The highest BCUT2D eigenvalue weighted by Gasteiger charge is 2.35. The molecule has 0 unspecified atom stereocenters. The lowest BCUT2D eigenvalue weighted by atomic mass is 9.90. The highest BCUT2D eigenvalue weighted by atomic mass is 19.4. The van der Waals surface area contributed by atoms with Gasteiger partial charge in [0.15, 0.2) is 0 Å². The van der Waals surface area contributed by atoms with Gasteiger partial charge in [0.2, 0.25) is 11.9 Å². The van der Waals surface area contributed by atoms with Crippen molar-refractivity contribution in [1.29, 1.82) is 0 Å². The Morgan fingerprint density at radius 3 is 2.43 bits per heavy atom. The van der Waals surface area contributed by atoms with Crippen molar-refractivity contribution in [1.82, 2.24) is 15.3 Å². The van der Waals surface area contributed by atoms with E-state index in [9.17, 15) is 18.0 Å². The molecule has 0 bridgehead atoms. The number of hydrogen-bond donors (Lipinski definition) is 4. The maximum absolute atomic E-state index is 13.7. The Morgan fingerprint density at radius 2 is 1.71 bits per heavy atom. The first-order chi connectivity index (χ1) is 16.8.